The number of ether oxygens (including phenoxy) is 2. The minimum absolute atomic E-state index is 0.0982. The average Bonchev–Trinajstić information content (AvgIpc) is 4.26. The second kappa shape index (κ2) is 21.5. The Hall–Kier alpha value is -5.75. The number of imidazole rings is 2. The second-order valence-corrected chi connectivity index (χ2v) is 20.1. The van der Waals surface area contributed by atoms with Crippen LogP contribution >= 0.6 is 0 Å². The Morgan fingerprint density at radius 1 is 0.623 bits per heavy atom. The molecule has 2 aromatic carbocycles. The Morgan fingerprint density at radius 3 is 1.59 bits per heavy atom. The first-order valence-electron chi connectivity index (χ1n) is 25.5. The van der Waals surface area contributed by atoms with Crippen LogP contribution < -0.4 is 26.2 Å². The van der Waals surface area contributed by atoms with Crippen LogP contribution in [-0.2, 0) is 16.0 Å². The third kappa shape index (κ3) is 10.6. The van der Waals surface area contributed by atoms with Crippen LogP contribution in [0.3, 0.4) is 0 Å². The molecule has 6 aromatic rings. The fraction of sp³-hybridized carbons (Fsp3) is 0.558. The molecule has 6 aliphatic heterocycles. The maximum absolute atomic E-state index is 12.9. The van der Waals surface area contributed by atoms with E-state index in [4.69, 9.17) is 19.7 Å². The van der Waals surface area contributed by atoms with Crippen LogP contribution in [0.1, 0.15) is 128 Å². The molecular weight excluding hydrogens is 873 g/mol. The largest absolute Gasteiger partial charge is 0.381 e. The summed E-state index contributed by atoms with van der Waals surface area (Å²) in [6.45, 7) is 16.7. The summed E-state index contributed by atoms with van der Waals surface area (Å²) in [5.41, 5.74) is 5.53. The molecule has 69 heavy (non-hydrogen) atoms. The SMILES string of the molecule is CC1CN(Cc2ccc(N3CCCC3)cc2)CC1c1nn2c(C3CCOCC3)ncc2c(=O)[nH]1.CC1CNCC1c1nn2c(C3CCOCC3)ncc2c(=O)[nH]1.O=Cc1ccc(N2CCCC2)cc1. The number of hydrogen-bond acceptors (Lipinski definition) is 13. The predicted octanol–water partition coefficient (Wildman–Crippen LogP) is 5.88. The molecule has 4 unspecified atom stereocenters. The van der Waals surface area contributed by atoms with Crippen LogP contribution in [0.15, 0.2) is 70.5 Å². The Bertz CT molecular complexity index is 2760. The molecule has 0 bridgehead atoms. The summed E-state index contributed by atoms with van der Waals surface area (Å²) in [5.74, 6) is 5.28. The predicted molar refractivity (Wildman–Crippen MR) is 266 cm³/mol. The van der Waals surface area contributed by atoms with Gasteiger partial charge in [0.05, 0.1) is 12.4 Å². The summed E-state index contributed by atoms with van der Waals surface area (Å²) in [4.78, 5) is 58.1. The van der Waals surface area contributed by atoms with Gasteiger partial charge >= 0.3 is 0 Å². The summed E-state index contributed by atoms with van der Waals surface area (Å²) in [7, 11) is 0. The second-order valence-electron chi connectivity index (χ2n) is 20.1. The lowest BCUT2D eigenvalue weighted by Crippen LogP contribution is -2.24. The zero-order valence-corrected chi connectivity index (χ0v) is 40.2. The van der Waals surface area contributed by atoms with E-state index in [9.17, 15) is 14.4 Å². The van der Waals surface area contributed by atoms with Crippen LogP contribution in [0.4, 0.5) is 11.4 Å². The van der Waals surface area contributed by atoms with E-state index in [1.54, 1.807) is 21.4 Å². The number of H-pyrrole nitrogens is 2. The van der Waals surface area contributed by atoms with Gasteiger partial charge in [-0.15, -0.1) is 0 Å². The number of nitrogens with one attached hydrogen (secondary N) is 3. The highest BCUT2D eigenvalue weighted by Crippen LogP contribution is 2.33. The molecule has 17 nitrogen and oxygen atoms in total. The Kier molecular flexibility index (Phi) is 14.6. The van der Waals surface area contributed by atoms with E-state index in [-0.39, 0.29) is 23.0 Å². The molecule has 0 radical (unpaired) electrons. The number of benzene rings is 2. The number of fused-ring (bicyclic) bond motifs is 2. The lowest BCUT2D eigenvalue weighted by molar-refractivity contribution is 0.0831. The zero-order chi connectivity index (χ0) is 47.3. The minimum atomic E-state index is -0.102. The van der Waals surface area contributed by atoms with Crippen molar-refractivity contribution in [3.05, 3.63) is 116 Å². The summed E-state index contributed by atoms with van der Waals surface area (Å²) in [6, 6.07) is 16.9. The highest BCUT2D eigenvalue weighted by atomic mass is 16.5. The van der Waals surface area contributed by atoms with Gasteiger partial charge in [-0.1, -0.05) is 26.0 Å². The third-order valence-corrected chi connectivity index (χ3v) is 15.3. The van der Waals surface area contributed by atoms with Crippen LogP contribution in [0.5, 0.6) is 0 Å². The van der Waals surface area contributed by atoms with Crippen molar-refractivity contribution >= 4 is 28.7 Å². The van der Waals surface area contributed by atoms with Crippen molar-refractivity contribution < 1.29 is 14.3 Å². The Balaban J connectivity index is 0.000000134. The van der Waals surface area contributed by atoms with Gasteiger partial charge in [0.25, 0.3) is 11.1 Å². The van der Waals surface area contributed by atoms with Gasteiger partial charge in [-0.3, -0.25) is 19.3 Å². The van der Waals surface area contributed by atoms with Gasteiger partial charge in [0.1, 0.15) is 29.6 Å². The normalized spacial score (nSPS) is 23.6. The number of hydrogen-bond donors (Lipinski definition) is 3. The molecule has 3 N–H and O–H groups in total. The molecule has 6 fully saturated rings. The van der Waals surface area contributed by atoms with Crippen molar-refractivity contribution in [3.8, 4) is 0 Å². The number of carbonyl (C=O) groups is 1. The number of nitrogens with zero attached hydrogens (tertiary/aromatic N) is 9. The summed E-state index contributed by atoms with van der Waals surface area (Å²) >= 11 is 0. The molecule has 366 valence electrons. The molecule has 6 aliphatic rings. The maximum Gasteiger partial charge on any atom is 0.276 e. The highest BCUT2D eigenvalue weighted by molar-refractivity contribution is 5.75. The molecule has 0 aliphatic carbocycles. The van der Waals surface area contributed by atoms with E-state index in [1.165, 1.54) is 55.7 Å². The summed E-state index contributed by atoms with van der Waals surface area (Å²) in [6.07, 6.45) is 13.1. The molecule has 4 aromatic heterocycles. The number of aromatic nitrogens is 8. The van der Waals surface area contributed by atoms with E-state index >= 15 is 0 Å². The quantitative estimate of drug-likeness (QED) is 0.146. The third-order valence-electron chi connectivity index (χ3n) is 15.3. The first-order valence-corrected chi connectivity index (χ1v) is 25.5. The van der Waals surface area contributed by atoms with Gasteiger partial charge in [0.15, 0.2) is 11.0 Å². The van der Waals surface area contributed by atoms with Gasteiger partial charge in [-0.05, 0) is 112 Å². The molecule has 12 rings (SSSR count). The maximum atomic E-state index is 12.9. The molecule has 4 atom stereocenters. The Labute approximate surface area is 403 Å². The molecular formula is C52H68N12O5. The van der Waals surface area contributed by atoms with Gasteiger partial charge in [0.2, 0.25) is 0 Å². The standard InChI is InChI=1S/C26H34N6O2.C15H21N5O2.C11H13NO/c1-18-15-30(16-19-4-6-21(7-5-19)31-10-2-3-11-31)17-22(18)24-28-26(33)23-14-27-25(32(23)29-24)20-8-12-34-13-9-20;1-9-6-16-7-11(9)13-18-15(21)12-8-17-14(20(12)19-13)10-2-4-22-5-3-10;13-9-10-3-5-11(6-4-10)12-7-1-2-8-12/h4-7,14,18,20,22H,2-3,8-13,15-17H2,1H3,(H,28,29,33);8-11,16H,2-7H2,1H3,(H,18,19,21);3-6,9H,1-2,7-8H2. The molecule has 0 amide bonds. The zero-order valence-electron chi connectivity index (χ0n) is 40.2. The highest BCUT2D eigenvalue weighted by Gasteiger charge is 2.34. The minimum Gasteiger partial charge on any atom is -0.381 e. The molecule has 17 heteroatoms. The van der Waals surface area contributed by atoms with Crippen molar-refractivity contribution in [2.24, 2.45) is 11.8 Å². The van der Waals surface area contributed by atoms with Gasteiger partial charge in [-0.2, -0.15) is 10.2 Å². The van der Waals surface area contributed by atoms with Crippen LogP contribution in [0.2, 0.25) is 0 Å². The number of carbonyl (C=O) groups excluding carboxylic acids is 1. The van der Waals surface area contributed by atoms with Crippen LogP contribution in [0.25, 0.3) is 11.0 Å². The van der Waals surface area contributed by atoms with Crippen molar-refractivity contribution in [2.75, 3.05) is 88.6 Å². The van der Waals surface area contributed by atoms with E-state index in [0.29, 0.717) is 34.7 Å². The summed E-state index contributed by atoms with van der Waals surface area (Å²) < 4.78 is 14.5. The van der Waals surface area contributed by atoms with Crippen molar-refractivity contribution in [2.45, 2.75) is 95.4 Å². The molecule has 6 saturated heterocycles. The van der Waals surface area contributed by atoms with Crippen molar-refractivity contribution in [3.63, 3.8) is 0 Å². The van der Waals surface area contributed by atoms with Crippen molar-refractivity contribution in [1.29, 1.82) is 0 Å². The molecule has 0 spiro atoms. The average molecular weight is 941 g/mol. The van der Waals surface area contributed by atoms with E-state index in [1.807, 2.05) is 24.3 Å². The van der Waals surface area contributed by atoms with Gasteiger partial charge in [0, 0.05) is 119 Å². The van der Waals surface area contributed by atoms with Gasteiger partial charge in [-0.25, -0.2) is 19.0 Å². The fourth-order valence-electron chi connectivity index (χ4n) is 11.2. The molecule has 10 heterocycles. The van der Waals surface area contributed by atoms with E-state index < -0.39 is 0 Å². The van der Waals surface area contributed by atoms with Gasteiger partial charge < -0.3 is 34.6 Å². The number of rotatable bonds is 9. The number of aromatic amines is 2. The lowest BCUT2D eigenvalue weighted by Gasteiger charge is -2.21. The summed E-state index contributed by atoms with van der Waals surface area (Å²) in [5, 5.41) is 13.0. The first kappa shape index (κ1) is 47.0. The lowest BCUT2D eigenvalue weighted by atomic mass is 9.97. The Morgan fingerprint density at radius 2 is 1.12 bits per heavy atom. The topological polar surface area (TPSA) is 183 Å². The van der Waals surface area contributed by atoms with Crippen LogP contribution in [-0.4, -0.2) is 129 Å². The van der Waals surface area contributed by atoms with E-state index in [0.717, 1.165) is 133 Å². The molecule has 0 saturated carbocycles. The number of likely N-dealkylation sites (tertiary alicyclic amines) is 1. The van der Waals surface area contributed by atoms with E-state index in [2.05, 4.69) is 78.1 Å². The number of aldehydes is 1. The fourth-order valence-corrected chi connectivity index (χ4v) is 11.2. The monoisotopic (exact) mass is 941 g/mol. The first-order chi connectivity index (χ1) is 33.8. The van der Waals surface area contributed by atoms with Crippen LogP contribution in [0, 0.1) is 11.8 Å². The van der Waals surface area contributed by atoms with Crippen molar-refractivity contribution in [1.82, 2.24) is 49.4 Å². The smallest absolute Gasteiger partial charge is 0.276 e. The number of anilines is 2.